The second-order valence-corrected chi connectivity index (χ2v) is 6.62. The molecule has 3 aromatic carbocycles. The summed E-state index contributed by atoms with van der Waals surface area (Å²) in [4.78, 5) is 19.0. The summed E-state index contributed by atoms with van der Waals surface area (Å²) >= 11 is 0. The molecule has 0 fully saturated rings. The molecule has 29 heavy (non-hydrogen) atoms. The zero-order valence-corrected chi connectivity index (χ0v) is 15.5. The molecule has 4 rings (SSSR count). The second kappa shape index (κ2) is 7.67. The van der Waals surface area contributed by atoms with Gasteiger partial charge in [-0.2, -0.15) is 0 Å². The lowest BCUT2D eigenvalue weighted by molar-refractivity contribution is -0.114. The highest BCUT2D eigenvalue weighted by molar-refractivity contribution is 5.90. The summed E-state index contributed by atoms with van der Waals surface area (Å²) in [7, 11) is 0. The van der Waals surface area contributed by atoms with Gasteiger partial charge in [0, 0.05) is 12.6 Å². The molecule has 0 spiro atoms. The van der Waals surface area contributed by atoms with Crippen molar-refractivity contribution in [1.29, 1.82) is 0 Å². The molecule has 1 heterocycles. The SMILES string of the molecule is CC(=O)Nc1cccc(-c2ccc3nc(C=Cc4ccc(F)c(F)c4)[nH]c3c2)c1. The van der Waals surface area contributed by atoms with E-state index in [1.165, 1.54) is 13.0 Å². The molecule has 144 valence electrons. The van der Waals surface area contributed by atoms with Gasteiger partial charge in [0.1, 0.15) is 5.82 Å². The summed E-state index contributed by atoms with van der Waals surface area (Å²) < 4.78 is 26.3. The standard InChI is InChI=1S/C23H17F2N3O/c1-14(29)26-18-4-2-3-16(12-18)17-7-9-21-22(13-17)28-23(27-21)10-6-15-5-8-19(24)20(25)11-15/h2-13H,1H3,(H,26,29)(H,27,28). The average molecular weight is 389 g/mol. The molecule has 0 saturated carbocycles. The van der Waals surface area contributed by atoms with Crippen molar-refractivity contribution in [2.24, 2.45) is 0 Å². The lowest BCUT2D eigenvalue weighted by Gasteiger charge is -2.06. The van der Waals surface area contributed by atoms with Crippen LogP contribution in [-0.4, -0.2) is 15.9 Å². The predicted octanol–water partition coefficient (Wildman–Crippen LogP) is 5.64. The number of amides is 1. The molecule has 4 aromatic rings. The van der Waals surface area contributed by atoms with Gasteiger partial charge in [-0.1, -0.05) is 30.3 Å². The Hall–Kier alpha value is -3.80. The van der Waals surface area contributed by atoms with E-state index in [4.69, 9.17) is 0 Å². The minimum Gasteiger partial charge on any atom is -0.338 e. The van der Waals surface area contributed by atoms with Crippen LogP contribution in [0.3, 0.4) is 0 Å². The summed E-state index contributed by atoms with van der Waals surface area (Å²) in [6.45, 7) is 1.47. The van der Waals surface area contributed by atoms with E-state index < -0.39 is 11.6 Å². The average Bonchev–Trinajstić information content (AvgIpc) is 3.11. The van der Waals surface area contributed by atoms with Crippen LogP contribution in [0.2, 0.25) is 0 Å². The van der Waals surface area contributed by atoms with E-state index in [1.807, 2.05) is 42.5 Å². The van der Waals surface area contributed by atoms with E-state index in [0.717, 1.165) is 40.0 Å². The zero-order valence-electron chi connectivity index (χ0n) is 15.5. The fourth-order valence-electron chi connectivity index (χ4n) is 3.06. The van der Waals surface area contributed by atoms with Crippen molar-refractivity contribution in [2.75, 3.05) is 5.32 Å². The zero-order chi connectivity index (χ0) is 20.4. The summed E-state index contributed by atoms with van der Waals surface area (Å²) in [5.41, 5.74) is 4.85. The van der Waals surface area contributed by atoms with Crippen molar-refractivity contribution < 1.29 is 13.6 Å². The minimum absolute atomic E-state index is 0.122. The number of carbonyl (C=O) groups is 1. The Morgan fingerprint density at radius 1 is 0.966 bits per heavy atom. The number of rotatable bonds is 4. The van der Waals surface area contributed by atoms with Gasteiger partial charge in [0.2, 0.25) is 5.91 Å². The number of carbonyl (C=O) groups excluding carboxylic acids is 1. The van der Waals surface area contributed by atoms with Crippen LogP contribution < -0.4 is 5.32 Å². The quantitative estimate of drug-likeness (QED) is 0.475. The molecule has 0 bridgehead atoms. The summed E-state index contributed by atoms with van der Waals surface area (Å²) in [6.07, 6.45) is 3.38. The van der Waals surface area contributed by atoms with E-state index in [2.05, 4.69) is 15.3 Å². The Bertz CT molecular complexity index is 1240. The first-order chi connectivity index (χ1) is 14.0. The van der Waals surface area contributed by atoms with Crippen LogP contribution in [0.15, 0.2) is 60.7 Å². The lowest BCUT2D eigenvalue weighted by atomic mass is 10.0. The Morgan fingerprint density at radius 2 is 1.79 bits per heavy atom. The fraction of sp³-hybridized carbons (Fsp3) is 0.0435. The van der Waals surface area contributed by atoms with Crippen LogP contribution >= 0.6 is 0 Å². The van der Waals surface area contributed by atoms with Gasteiger partial charge in [-0.3, -0.25) is 4.79 Å². The highest BCUT2D eigenvalue weighted by Gasteiger charge is 2.06. The van der Waals surface area contributed by atoms with Crippen molar-refractivity contribution in [3.05, 3.63) is 83.7 Å². The maximum absolute atomic E-state index is 13.3. The number of hydrogen-bond donors (Lipinski definition) is 2. The number of benzene rings is 3. The van der Waals surface area contributed by atoms with Crippen LogP contribution in [-0.2, 0) is 4.79 Å². The van der Waals surface area contributed by atoms with Crippen LogP contribution in [0.5, 0.6) is 0 Å². The third kappa shape index (κ3) is 4.21. The first-order valence-corrected chi connectivity index (χ1v) is 8.99. The van der Waals surface area contributed by atoms with Gasteiger partial charge in [-0.05, 0) is 59.2 Å². The van der Waals surface area contributed by atoms with Gasteiger partial charge < -0.3 is 10.3 Å². The number of imidazole rings is 1. The number of nitrogens with one attached hydrogen (secondary N) is 2. The maximum atomic E-state index is 13.3. The van der Waals surface area contributed by atoms with Gasteiger partial charge in [0.05, 0.1) is 11.0 Å². The monoisotopic (exact) mass is 389 g/mol. The molecule has 0 radical (unpaired) electrons. The fourth-order valence-corrected chi connectivity index (χ4v) is 3.06. The highest BCUT2D eigenvalue weighted by atomic mass is 19.2. The normalized spacial score (nSPS) is 11.3. The Balaban J connectivity index is 1.61. The van der Waals surface area contributed by atoms with E-state index in [-0.39, 0.29) is 5.91 Å². The van der Waals surface area contributed by atoms with Gasteiger partial charge >= 0.3 is 0 Å². The number of fused-ring (bicyclic) bond motifs is 1. The summed E-state index contributed by atoms with van der Waals surface area (Å²) in [5, 5.41) is 2.78. The molecule has 0 unspecified atom stereocenters. The van der Waals surface area contributed by atoms with Gasteiger partial charge in [-0.25, -0.2) is 13.8 Å². The molecular formula is C23H17F2N3O. The van der Waals surface area contributed by atoms with E-state index in [1.54, 1.807) is 12.2 Å². The second-order valence-electron chi connectivity index (χ2n) is 6.62. The molecule has 0 aliphatic carbocycles. The van der Waals surface area contributed by atoms with E-state index in [0.29, 0.717) is 11.4 Å². The van der Waals surface area contributed by atoms with Crippen molar-refractivity contribution in [1.82, 2.24) is 9.97 Å². The third-order valence-electron chi connectivity index (χ3n) is 4.39. The summed E-state index contributed by atoms with van der Waals surface area (Å²) in [6, 6.07) is 17.1. The number of H-pyrrole nitrogens is 1. The molecular weight excluding hydrogens is 372 g/mol. The lowest BCUT2D eigenvalue weighted by Crippen LogP contribution is -2.05. The maximum Gasteiger partial charge on any atom is 0.221 e. The molecule has 6 heteroatoms. The number of halogens is 2. The van der Waals surface area contributed by atoms with Crippen LogP contribution in [0, 0.1) is 11.6 Å². The number of aromatic nitrogens is 2. The number of anilines is 1. The highest BCUT2D eigenvalue weighted by Crippen LogP contribution is 2.26. The summed E-state index contributed by atoms with van der Waals surface area (Å²) in [5.74, 6) is -1.28. The number of aromatic amines is 1. The first-order valence-electron chi connectivity index (χ1n) is 8.99. The number of nitrogens with zero attached hydrogens (tertiary/aromatic N) is 1. The van der Waals surface area contributed by atoms with Gasteiger partial charge in [-0.15, -0.1) is 0 Å². The molecule has 0 aliphatic heterocycles. The molecule has 0 aliphatic rings. The largest absolute Gasteiger partial charge is 0.338 e. The molecule has 2 N–H and O–H groups in total. The Morgan fingerprint density at radius 3 is 2.59 bits per heavy atom. The van der Waals surface area contributed by atoms with E-state index >= 15 is 0 Å². The predicted molar refractivity (Wildman–Crippen MR) is 111 cm³/mol. The molecule has 1 aromatic heterocycles. The molecule has 0 saturated heterocycles. The van der Waals surface area contributed by atoms with Crippen molar-refractivity contribution in [3.8, 4) is 11.1 Å². The smallest absolute Gasteiger partial charge is 0.221 e. The molecule has 0 atom stereocenters. The minimum atomic E-state index is -0.886. The van der Waals surface area contributed by atoms with Crippen LogP contribution in [0.25, 0.3) is 34.3 Å². The van der Waals surface area contributed by atoms with Crippen molar-refractivity contribution in [2.45, 2.75) is 6.92 Å². The molecule has 4 nitrogen and oxygen atoms in total. The van der Waals surface area contributed by atoms with Crippen molar-refractivity contribution in [3.63, 3.8) is 0 Å². The van der Waals surface area contributed by atoms with Gasteiger partial charge in [0.25, 0.3) is 0 Å². The Labute approximate surface area is 165 Å². The number of hydrogen-bond acceptors (Lipinski definition) is 2. The van der Waals surface area contributed by atoms with Crippen LogP contribution in [0.1, 0.15) is 18.3 Å². The Kier molecular flexibility index (Phi) is 4.91. The van der Waals surface area contributed by atoms with Crippen molar-refractivity contribution >= 4 is 34.8 Å². The topological polar surface area (TPSA) is 57.8 Å². The molecule has 1 amide bonds. The first kappa shape index (κ1) is 18.6. The van der Waals surface area contributed by atoms with E-state index in [9.17, 15) is 13.6 Å². The van der Waals surface area contributed by atoms with Gasteiger partial charge in [0.15, 0.2) is 11.6 Å². The third-order valence-corrected chi connectivity index (χ3v) is 4.39. The van der Waals surface area contributed by atoms with Crippen LogP contribution in [0.4, 0.5) is 14.5 Å².